The molecular formula is C26H22FN3O4. The first-order valence-electron chi connectivity index (χ1n) is 10.5. The highest BCUT2D eigenvalue weighted by atomic mass is 19.1. The molecular weight excluding hydrogens is 437 g/mol. The van der Waals surface area contributed by atoms with Crippen molar-refractivity contribution in [3.05, 3.63) is 72.4 Å². The van der Waals surface area contributed by atoms with Crippen molar-refractivity contribution in [2.75, 3.05) is 21.3 Å². The van der Waals surface area contributed by atoms with Crippen LogP contribution in [-0.2, 0) is 0 Å². The summed E-state index contributed by atoms with van der Waals surface area (Å²) >= 11 is 0. The van der Waals surface area contributed by atoms with Crippen LogP contribution in [0, 0.1) is 12.7 Å². The molecule has 0 aliphatic carbocycles. The van der Waals surface area contributed by atoms with E-state index in [1.54, 1.807) is 44.2 Å². The van der Waals surface area contributed by atoms with E-state index in [0.717, 1.165) is 28.1 Å². The number of ether oxygens (including phenoxy) is 3. The van der Waals surface area contributed by atoms with Gasteiger partial charge in [-0.25, -0.2) is 13.9 Å². The van der Waals surface area contributed by atoms with Crippen LogP contribution in [0.1, 0.15) is 5.69 Å². The summed E-state index contributed by atoms with van der Waals surface area (Å²) in [5.41, 5.74) is 5.14. The number of hydrogen-bond acceptors (Lipinski definition) is 6. The minimum atomic E-state index is -0.316. The van der Waals surface area contributed by atoms with Gasteiger partial charge in [-0.15, -0.1) is 0 Å². The van der Waals surface area contributed by atoms with Crippen molar-refractivity contribution < 1.29 is 23.0 Å². The van der Waals surface area contributed by atoms with Gasteiger partial charge in [0.1, 0.15) is 11.5 Å². The van der Waals surface area contributed by atoms with Gasteiger partial charge in [0.15, 0.2) is 22.9 Å². The maximum absolute atomic E-state index is 13.7. The third-order valence-electron chi connectivity index (χ3n) is 5.63. The van der Waals surface area contributed by atoms with Gasteiger partial charge in [-0.3, -0.25) is 0 Å². The summed E-state index contributed by atoms with van der Waals surface area (Å²) in [6.07, 6.45) is 1.60. The van der Waals surface area contributed by atoms with E-state index < -0.39 is 0 Å². The van der Waals surface area contributed by atoms with Crippen LogP contribution >= 0.6 is 0 Å². The van der Waals surface area contributed by atoms with E-state index in [4.69, 9.17) is 28.7 Å². The molecule has 0 atom stereocenters. The molecule has 0 bridgehead atoms. The molecule has 0 fully saturated rings. The quantitative estimate of drug-likeness (QED) is 0.320. The zero-order valence-corrected chi connectivity index (χ0v) is 19.1. The fraction of sp³-hybridized carbons (Fsp3) is 0.154. The first kappa shape index (κ1) is 21.5. The fourth-order valence-corrected chi connectivity index (χ4v) is 4.11. The monoisotopic (exact) mass is 459 g/mol. The lowest BCUT2D eigenvalue weighted by Crippen LogP contribution is -2.04. The number of rotatable bonds is 6. The molecule has 0 N–H and O–H groups in total. The Balaban J connectivity index is 1.88. The molecule has 0 amide bonds. The zero-order chi connectivity index (χ0) is 23.8. The standard InChI is InChI=1S/C26H22FN3O4/c1-15-24(16-7-9-18(27)10-8-16)25(17-12-21(31-2)26(33-4)22(13-17)32-3)30-23(28-15)14-19(29-30)20-6-5-11-34-20/h5-14H,1-4H3. The lowest BCUT2D eigenvalue weighted by atomic mass is 9.97. The molecule has 0 saturated carbocycles. The predicted octanol–water partition coefficient (Wildman–Crippen LogP) is 5.80. The molecule has 0 radical (unpaired) electrons. The van der Waals surface area contributed by atoms with E-state index in [1.807, 2.05) is 37.3 Å². The van der Waals surface area contributed by atoms with Gasteiger partial charge in [-0.2, -0.15) is 5.10 Å². The lowest BCUT2D eigenvalue weighted by molar-refractivity contribution is 0.324. The van der Waals surface area contributed by atoms with Crippen molar-refractivity contribution >= 4 is 5.65 Å². The van der Waals surface area contributed by atoms with Crippen LogP contribution in [0.4, 0.5) is 4.39 Å². The number of hydrogen-bond donors (Lipinski definition) is 0. The third-order valence-corrected chi connectivity index (χ3v) is 5.63. The van der Waals surface area contributed by atoms with Gasteiger partial charge in [0.25, 0.3) is 0 Å². The van der Waals surface area contributed by atoms with Crippen LogP contribution < -0.4 is 14.2 Å². The number of aryl methyl sites for hydroxylation is 1. The van der Waals surface area contributed by atoms with Crippen LogP contribution in [0.3, 0.4) is 0 Å². The zero-order valence-electron chi connectivity index (χ0n) is 19.1. The van der Waals surface area contributed by atoms with E-state index in [2.05, 4.69) is 0 Å². The molecule has 0 saturated heterocycles. The molecule has 172 valence electrons. The third kappa shape index (κ3) is 3.53. The minimum Gasteiger partial charge on any atom is -0.493 e. The summed E-state index contributed by atoms with van der Waals surface area (Å²) in [5, 5.41) is 4.80. The van der Waals surface area contributed by atoms with E-state index in [9.17, 15) is 4.39 Å². The first-order valence-corrected chi connectivity index (χ1v) is 10.5. The number of furan rings is 1. The molecule has 34 heavy (non-hydrogen) atoms. The van der Waals surface area contributed by atoms with Crippen molar-refractivity contribution in [3.8, 4) is 51.1 Å². The van der Waals surface area contributed by atoms with Crippen LogP contribution in [0.2, 0.25) is 0 Å². The summed E-state index contributed by atoms with van der Waals surface area (Å²) in [7, 11) is 4.69. The summed E-state index contributed by atoms with van der Waals surface area (Å²) in [5.74, 6) is 1.80. The van der Waals surface area contributed by atoms with Crippen molar-refractivity contribution in [2.45, 2.75) is 6.92 Å². The van der Waals surface area contributed by atoms with Gasteiger partial charge < -0.3 is 18.6 Å². The Morgan fingerprint density at radius 2 is 1.59 bits per heavy atom. The second-order valence-electron chi connectivity index (χ2n) is 7.62. The van der Waals surface area contributed by atoms with E-state index in [1.165, 1.54) is 12.1 Å². The number of halogens is 1. The Labute approximate surface area is 195 Å². The average molecular weight is 459 g/mol. The van der Waals surface area contributed by atoms with Gasteiger partial charge in [0.2, 0.25) is 5.75 Å². The highest BCUT2D eigenvalue weighted by Crippen LogP contribution is 2.44. The average Bonchev–Trinajstić information content (AvgIpc) is 3.53. The Bertz CT molecular complexity index is 1450. The molecule has 7 nitrogen and oxygen atoms in total. The smallest absolute Gasteiger partial charge is 0.203 e. The van der Waals surface area contributed by atoms with Crippen molar-refractivity contribution in [1.29, 1.82) is 0 Å². The Morgan fingerprint density at radius 3 is 2.18 bits per heavy atom. The largest absolute Gasteiger partial charge is 0.493 e. The normalized spacial score (nSPS) is 11.1. The Kier molecular flexibility index (Phi) is 5.41. The van der Waals surface area contributed by atoms with Gasteiger partial charge in [-0.05, 0) is 48.9 Å². The Morgan fingerprint density at radius 1 is 0.882 bits per heavy atom. The topological polar surface area (TPSA) is 71.0 Å². The maximum atomic E-state index is 13.7. The van der Waals surface area contributed by atoms with Crippen molar-refractivity contribution in [3.63, 3.8) is 0 Å². The lowest BCUT2D eigenvalue weighted by Gasteiger charge is -2.18. The molecule has 0 aliphatic heterocycles. The highest BCUT2D eigenvalue weighted by molar-refractivity contribution is 5.86. The minimum absolute atomic E-state index is 0.316. The Hall–Kier alpha value is -4.33. The van der Waals surface area contributed by atoms with E-state index in [0.29, 0.717) is 34.3 Å². The van der Waals surface area contributed by atoms with Gasteiger partial charge in [-0.1, -0.05) is 12.1 Å². The molecule has 0 unspecified atom stereocenters. The molecule has 0 spiro atoms. The number of aromatic nitrogens is 3. The predicted molar refractivity (Wildman–Crippen MR) is 126 cm³/mol. The van der Waals surface area contributed by atoms with Crippen molar-refractivity contribution in [1.82, 2.24) is 14.6 Å². The van der Waals surface area contributed by atoms with Crippen LogP contribution in [0.15, 0.2) is 65.3 Å². The summed E-state index contributed by atoms with van der Waals surface area (Å²) in [4.78, 5) is 4.79. The molecule has 0 aliphatic rings. The van der Waals surface area contributed by atoms with Crippen LogP contribution in [-0.4, -0.2) is 35.9 Å². The number of fused-ring (bicyclic) bond motifs is 1. The van der Waals surface area contributed by atoms with E-state index in [-0.39, 0.29) is 5.82 Å². The summed E-state index contributed by atoms with van der Waals surface area (Å²) in [6.45, 7) is 1.92. The fourth-order valence-electron chi connectivity index (χ4n) is 4.11. The highest BCUT2D eigenvalue weighted by Gasteiger charge is 2.23. The van der Waals surface area contributed by atoms with Gasteiger partial charge >= 0.3 is 0 Å². The molecule has 5 rings (SSSR count). The molecule has 5 aromatic rings. The number of nitrogens with zero attached hydrogens (tertiary/aromatic N) is 3. The first-order chi connectivity index (χ1) is 16.5. The van der Waals surface area contributed by atoms with Crippen molar-refractivity contribution in [2.24, 2.45) is 0 Å². The second kappa shape index (κ2) is 8.55. The summed E-state index contributed by atoms with van der Waals surface area (Å²) in [6, 6.07) is 15.5. The SMILES string of the molecule is COc1cc(-c2c(-c3ccc(F)cc3)c(C)nc3cc(-c4ccco4)nn23)cc(OC)c1OC. The number of methoxy groups -OCH3 is 3. The van der Waals surface area contributed by atoms with Crippen LogP contribution in [0.25, 0.3) is 39.5 Å². The molecule has 2 aromatic carbocycles. The van der Waals surface area contributed by atoms with E-state index >= 15 is 0 Å². The van der Waals surface area contributed by atoms with Crippen LogP contribution in [0.5, 0.6) is 17.2 Å². The maximum Gasteiger partial charge on any atom is 0.203 e. The summed E-state index contributed by atoms with van der Waals surface area (Å²) < 4.78 is 37.7. The van der Waals surface area contributed by atoms with Gasteiger partial charge in [0.05, 0.1) is 33.3 Å². The second-order valence-corrected chi connectivity index (χ2v) is 7.62. The van der Waals surface area contributed by atoms with Gasteiger partial charge in [0, 0.05) is 22.9 Å². The molecule has 3 aromatic heterocycles. The molecule has 3 heterocycles. The number of benzene rings is 2. The molecule has 8 heteroatoms.